The van der Waals surface area contributed by atoms with Crippen LogP contribution in [0, 0.1) is 0 Å². The van der Waals surface area contributed by atoms with Crippen LogP contribution in [0.2, 0.25) is 0 Å². The summed E-state index contributed by atoms with van der Waals surface area (Å²) in [6, 6.07) is 6.02. The van der Waals surface area contributed by atoms with Crippen molar-refractivity contribution in [1.82, 2.24) is 5.32 Å². The molecule has 0 radical (unpaired) electrons. The minimum Gasteiger partial charge on any atom is -0.508 e. The van der Waals surface area contributed by atoms with Crippen LogP contribution in [0.25, 0.3) is 0 Å². The summed E-state index contributed by atoms with van der Waals surface area (Å²) in [7, 11) is 0. The van der Waals surface area contributed by atoms with Gasteiger partial charge in [-0.2, -0.15) is 0 Å². The van der Waals surface area contributed by atoms with E-state index in [9.17, 15) is 5.11 Å². The molecule has 0 aliphatic heterocycles. The van der Waals surface area contributed by atoms with Gasteiger partial charge in [0.05, 0.1) is 13.2 Å². The van der Waals surface area contributed by atoms with Gasteiger partial charge in [0.15, 0.2) is 0 Å². The minimum atomic E-state index is 0.0860. The Balaban J connectivity index is 1.80. The van der Waals surface area contributed by atoms with Gasteiger partial charge in [0.25, 0.3) is 0 Å². The Labute approximate surface area is 114 Å². The van der Waals surface area contributed by atoms with Gasteiger partial charge in [-0.1, -0.05) is 6.07 Å². The normalized spacial score (nSPS) is 18.3. The van der Waals surface area contributed by atoms with Crippen molar-refractivity contribution in [3.05, 3.63) is 29.3 Å². The number of phenols is 1. The van der Waals surface area contributed by atoms with Crippen LogP contribution >= 0.6 is 0 Å². The Morgan fingerprint density at radius 1 is 1.32 bits per heavy atom. The van der Waals surface area contributed by atoms with E-state index in [1.165, 1.54) is 17.5 Å². The third-order valence-corrected chi connectivity index (χ3v) is 3.54. The number of benzene rings is 1. The number of hydrogen-bond acceptors (Lipinski definition) is 4. The van der Waals surface area contributed by atoms with Crippen LogP contribution in [-0.4, -0.2) is 36.6 Å². The highest BCUT2D eigenvalue weighted by atomic mass is 16.5. The van der Waals surface area contributed by atoms with E-state index in [0.717, 1.165) is 25.8 Å². The van der Waals surface area contributed by atoms with Gasteiger partial charge in [0, 0.05) is 12.6 Å². The fraction of sp³-hybridized carbons (Fsp3) is 0.600. The van der Waals surface area contributed by atoms with Crippen LogP contribution in [0.5, 0.6) is 5.75 Å². The summed E-state index contributed by atoms with van der Waals surface area (Å²) in [5.74, 6) is 0.346. The van der Waals surface area contributed by atoms with Gasteiger partial charge in [-0.3, -0.25) is 0 Å². The maximum atomic E-state index is 9.60. The van der Waals surface area contributed by atoms with Crippen molar-refractivity contribution < 1.29 is 14.9 Å². The average molecular weight is 265 g/mol. The van der Waals surface area contributed by atoms with Crippen molar-refractivity contribution in [2.75, 3.05) is 26.4 Å². The second-order valence-corrected chi connectivity index (χ2v) is 4.97. The number of hydrogen-bond donors (Lipinski definition) is 3. The molecule has 0 amide bonds. The Hall–Kier alpha value is -1.10. The van der Waals surface area contributed by atoms with E-state index in [-0.39, 0.29) is 6.61 Å². The number of fused-ring (bicyclic) bond motifs is 1. The van der Waals surface area contributed by atoms with E-state index in [4.69, 9.17) is 9.84 Å². The van der Waals surface area contributed by atoms with Crippen molar-refractivity contribution >= 4 is 0 Å². The smallest absolute Gasteiger partial charge is 0.115 e. The molecule has 1 aliphatic rings. The molecule has 4 nitrogen and oxygen atoms in total. The van der Waals surface area contributed by atoms with Gasteiger partial charge in [-0.25, -0.2) is 0 Å². The van der Waals surface area contributed by atoms with Gasteiger partial charge in [0.1, 0.15) is 5.75 Å². The van der Waals surface area contributed by atoms with Crippen LogP contribution in [0.1, 0.15) is 36.4 Å². The van der Waals surface area contributed by atoms with E-state index in [1.54, 1.807) is 6.07 Å². The van der Waals surface area contributed by atoms with Crippen molar-refractivity contribution in [3.63, 3.8) is 0 Å². The molecule has 0 bridgehead atoms. The van der Waals surface area contributed by atoms with Crippen LogP contribution in [0.4, 0.5) is 0 Å². The summed E-state index contributed by atoms with van der Waals surface area (Å²) >= 11 is 0. The molecule has 0 saturated carbocycles. The topological polar surface area (TPSA) is 61.7 Å². The Kier molecular flexibility index (Phi) is 5.63. The summed E-state index contributed by atoms with van der Waals surface area (Å²) in [4.78, 5) is 0. The molecule has 1 atom stereocenters. The number of aromatic hydroxyl groups is 1. The first-order chi connectivity index (χ1) is 9.31. The number of phenolic OH excluding ortho intramolecular Hbond substituents is 1. The molecule has 3 N–H and O–H groups in total. The van der Waals surface area contributed by atoms with Gasteiger partial charge < -0.3 is 20.3 Å². The predicted molar refractivity (Wildman–Crippen MR) is 74.3 cm³/mol. The number of nitrogens with one attached hydrogen (secondary N) is 1. The van der Waals surface area contributed by atoms with E-state index in [2.05, 4.69) is 5.32 Å². The monoisotopic (exact) mass is 265 g/mol. The standard InChI is InChI=1S/C15H23NO3/c17-8-10-19-9-2-7-16-15-4-1-3-12-5-6-13(18)11-14(12)15/h5-6,11,15-18H,1-4,7-10H2. The fourth-order valence-electron chi connectivity index (χ4n) is 2.62. The summed E-state index contributed by atoms with van der Waals surface area (Å²) in [5.41, 5.74) is 2.58. The number of ether oxygens (including phenoxy) is 1. The predicted octanol–water partition coefficient (Wildman–Crippen LogP) is 1.76. The lowest BCUT2D eigenvalue weighted by molar-refractivity contribution is 0.0903. The lowest BCUT2D eigenvalue weighted by Crippen LogP contribution is -2.26. The summed E-state index contributed by atoms with van der Waals surface area (Å²) in [5, 5.41) is 21.7. The Morgan fingerprint density at radius 2 is 2.21 bits per heavy atom. The average Bonchev–Trinajstić information content (AvgIpc) is 2.43. The molecule has 2 rings (SSSR count). The molecule has 19 heavy (non-hydrogen) atoms. The molecular formula is C15H23NO3. The SMILES string of the molecule is OCCOCCCNC1CCCc2ccc(O)cc21. The summed E-state index contributed by atoms with van der Waals surface area (Å²) in [6.45, 7) is 2.07. The maximum Gasteiger partial charge on any atom is 0.115 e. The number of aliphatic hydroxyl groups is 1. The molecule has 106 valence electrons. The van der Waals surface area contributed by atoms with E-state index in [1.807, 2.05) is 12.1 Å². The third kappa shape index (κ3) is 4.20. The molecule has 0 aromatic heterocycles. The number of rotatable bonds is 7. The van der Waals surface area contributed by atoms with Gasteiger partial charge >= 0.3 is 0 Å². The second kappa shape index (κ2) is 7.48. The van der Waals surface area contributed by atoms with Crippen LogP contribution in [0.15, 0.2) is 18.2 Å². The van der Waals surface area contributed by atoms with Gasteiger partial charge in [0.2, 0.25) is 0 Å². The molecule has 1 aromatic rings. The minimum absolute atomic E-state index is 0.0860. The number of aliphatic hydroxyl groups excluding tert-OH is 1. The maximum absolute atomic E-state index is 9.60. The zero-order valence-electron chi connectivity index (χ0n) is 11.3. The highest BCUT2D eigenvalue weighted by Gasteiger charge is 2.19. The Bertz CT molecular complexity index is 395. The first-order valence-corrected chi connectivity index (χ1v) is 7.05. The van der Waals surface area contributed by atoms with E-state index in [0.29, 0.717) is 25.0 Å². The molecule has 1 unspecified atom stereocenters. The molecule has 0 saturated heterocycles. The molecule has 0 heterocycles. The molecule has 4 heteroatoms. The third-order valence-electron chi connectivity index (χ3n) is 3.54. The first kappa shape index (κ1) is 14.3. The Morgan fingerprint density at radius 3 is 3.05 bits per heavy atom. The van der Waals surface area contributed by atoms with Crippen molar-refractivity contribution in [2.45, 2.75) is 31.7 Å². The lowest BCUT2D eigenvalue weighted by Gasteiger charge is -2.26. The zero-order chi connectivity index (χ0) is 13.5. The lowest BCUT2D eigenvalue weighted by atomic mass is 9.87. The van der Waals surface area contributed by atoms with Crippen LogP contribution < -0.4 is 5.32 Å². The highest BCUT2D eigenvalue weighted by Crippen LogP contribution is 2.31. The summed E-state index contributed by atoms with van der Waals surface area (Å²) < 4.78 is 5.23. The fourth-order valence-corrected chi connectivity index (χ4v) is 2.62. The molecule has 0 fully saturated rings. The summed E-state index contributed by atoms with van der Waals surface area (Å²) in [6.07, 6.45) is 4.35. The van der Waals surface area contributed by atoms with Gasteiger partial charge in [-0.15, -0.1) is 0 Å². The number of aryl methyl sites for hydroxylation is 1. The molecule has 1 aromatic carbocycles. The van der Waals surface area contributed by atoms with E-state index < -0.39 is 0 Å². The molecule has 0 spiro atoms. The quantitative estimate of drug-likeness (QED) is 0.657. The van der Waals surface area contributed by atoms with Crippen molar-refractivity contribution in [1.29, 1.82) is 0 Å². The van der Waals surface area contributed by atoms with E-state index >= 15 is 0 Å². The van der Waals surface area contributed by atoms with Crippen molar-refractivity contribution in [3.8, 4) is 5.75 Å². The zero-order valence-corrected chi connectivity index (χ0v) is 11.3. The molecular weight excluding hydrogens is 242 g/mol. The van der Waals surface area contributed by atoms with Crippen LogP contribution in [0.3, 0.4) is 0 Å². The second-order valence-electron chi connectivity index (χ2n) is 4.97. The van der Waals surface area contributed by atoms with Gasteiger partial charge in [-0.05, 0) is 55.5 Å². The van der Waals surface area contributed by atoms with Crippen LogP contribution in [-0.2, 0) is 11.2 Å². The highest BCUT2D eigenvalue weighted by molar-refractivity contribution is 5.38. The van der Waals surface area contributed by atoms with Crippen molar-refractivity contribution in [2.24, 2.45) is 0 Å². The molecule has 1 aliphatic carbocycles. The largest absolute Gasteiger partial charge is 0.508 e. The first-order valence-electron chi connectivity index (χ1n) is 7.05.